The second kappa shape index (κ2) is 11.0. The molecule has 0 radical (unpaired) electrons. The molecule has 1 amide bonds. The average Bonchev–Trinajstić information content (AvgIpc) is 2.79. The molecule has 3 rings (SSSR count). The fraction of sp³-hybridized carbons (Fsp3) is 0.458. The molecule has 2 atom stereocenters. The standard InChI is InChI=1S/C24H33N3O3/c1-20(25(2)17-18-30-23-11-9-22(29-3)10-12-23)24(28)27-15-13-26(14-16-27)19-21-7-5-4-6-8-21/h4-12,20H,13-19H2,1-3H3/p+2/t20-/m0/s1. The molecule has 0 aromatic heterocycles. The zero-order chi connectivity index (χ0) is 21.3. The first-order chi connectivity index (χ1) is 14.6. The first kappa shape index (κ1) is 22.1. The van der Waals surface area contributed by atoms with E-state index in [0.717, 1.165) is 50.8 Å². The number of carbonyl (C=O) groups excluding carboxylic acids is 1. The van der Waals surface area contributed by atoms with Crippen molar-refractivity contribution in [3.8, 4) is 11.5 Å². The van der Waals surface area contributed by atoms with E-state index in [4.69, 9.17) is 9.47 Å². The maximum Gasteiger partial charge on any atom is 0.280 e. The van der Waals surface area contributed by atoms with Gasteiger partial charge in [0.25, 0.3) is 5.91 Å². The van der Waals surface area contributed by atoms with Crippen LogP contribution in [0.4, 0.5) is 0 Å². The van der Waals surface area contributed by atoms with Crippen LogP contribution in [0, 0.1) is 0 Å². The Balaban J connectivity index is 1.39. The first-order valence-electron chi connectivity index (χ1n) is 10.8. The fourth-order valence-electron chi connectivity index (χ4n) is 3.81. The Morgan fingerprint density at radius 3 is 2.33 bits per heavy atom. The van der Waals surface area contributed by atoms with E-state index in [9.17, 15) is 4.79 Å². The van der Waals surface area contributed by atoms with Gasteiger partial charge in [-0.2, -0.15) is 0 Å². The molecule has 0 aliphatic carbocycles. The van der Waals surface area contributed by atoms with E-state index in [0.29, 0.717) is 6.61 Å². The van der Waals surface area contributed by atoms with Crippen molar-refractivity contribution in [2.24, 2.45) is 0 Å². The average molecular weight is 414 g/mol. The number of nitrogens with one attached hydrogen (secondary N) is 2. The Bertz CT molecular complexity index is 774. The lowest BCUT2D eigenvalue weighted by atomic mass is 10.2. The lowest BCUT2D eigenvalue weighted by Gasteiger charge is -2.34. The molecular weight excluding hydrogens is 378 g/mol. The van der Waals surface area contributed by atoms with Gasteiger partial charge in [0.05, 0.1) is 40.3 Å². The van der Waals surface area contributed by atoms with Crippen LogP contribution in [0.3, 0.4) is 0 Å². The quantitative estimate of drug-likeness (QED) is 0.604. The molecule has 2 aromatic rings. The molecule has 6 nitrogen and oxygen atoms in total. The van der Waals surface area contributed by atoms with Gasteiger partial charge in [0.15, 0.2) is 6.04 Å². The van der Waals surface area contributed by atoms with Crippen LogP contribution in [0.5, 0.6) is 11.5 Å². The van der Waals surface area contributed by atoms with Gasteiger partial charge in [-0.15, -0.1) is 0 Å². The van der Waals surface area contributed by atoms with Gasteiger partial charge in [0.1, 0.15) is 31.2 Å². The summed E-state index contributed by atoms with van der Waals surface area (Å²) in [4.78, 5) is 17.7. The van der Waals surface area contributed by atoms with Crippen LogP contribution in [-0.4, -0.2) is 70.3 Å². The molecule has 1 aliphatic rings. The molecule has 162 valence electrons. The number of nitrogens with zero attached hydrogens (tertiary/aromatic N) is 1. The van der Waals surface area contributed by atoms with Crippen molar-refractivity contribution >= 4 is 5.91 Å². The van der Waals surface area contributed by atoms with Crippen LogP contribution in [-0.2, 0) is 11.3 Å². The monoisotopic (exact) mass is 413 g/mol. The molecular formula is C24H35N3O3+2. The molecule has 1 heterocycles. The molecule has 2 N–H and O–H groups in total. The molecule has 0 saturated carbocycles. The highest BCUT2D eigenvalue weighted by molar-refractivity contribution is 5.80. The van der Waals surface area contributed by atoms with E-state index in [1.807, 2.05) is 36.1 Å². The first-order valence-corrected chi connectivity index (χ1v) is 10.8. The second-order valence-corrected chi connectivity index (χ2v) is 8.08. The second-order valence-electron chi connectivity index (χ2n) is 8.08. The molecule has 0 spiro atoms. The summed E-state index contributed by atoms with van der Waals surface area (Å²) < 4.78 is 11.0. The van der Waals surface area contributed by atoms with E-state index in [2.05, 4.69) is 37.4 Å². The van der Waals surface area contributed by atoms with Gasteiger partial charge in [-0.3, -0.25) is 4.79 Å². The maximum absolute atomic E-state index is 12.9. The summed E-state index contributed by atoms with van der Waals surface area (Å²) in [6.45, 7) is 8.09. The topological polar surface area (TPSA) is 47.6 Å². The van der Waals surface area contributed by atoms with Gasteiger partial charge in [0, 0.05) is 5.56 Å². The number of amides is 1. The zero-order valence-corrected chi connectivity index (χ0v) is 18.4. The third kappa shape index (κ3) is 6.21. The van der Waals surface area contributed by atoms with Crippen molar-refractivity contribution in [2.75, 3.05) is 53.5 Å². The molecule has 1 fully saturated rings. The van der Waals surface area contributed by atoms with Crippen molar-refractivity contribution in [1.29, 1.82) is 0 Å². The number of likely N-dealkylation sites (N-methyl/N-ethyl adjacent to an activating group) is 1. The van der Waals surface area contributed by atoms with Crippen molar-refractivity contribution in [3.05, 3.63) is 60.2 Å². The third-order valence-electron chi connectivity index (χ3n) is 6.01. The molecule has 6 heteroatoms. The number of hydrogen-bond acceptors (Lipinski definition) is 3. The Kier molecular flexibility index (Phi) is 8.11. The van der Waals surface area contributed by atoms with E-state index < -0.39 is 0 Å². The Hall–Kier alpha value is -2.57. The minimum atomic E-state index is -0.0693. The summed E-state index contributed by atoms with van der Waals surface area (Å²) >= 11 is 0. The zero-order valence-electron chi connectivity index (χ0n) is 18.4. The predicted molar refractivity (Wildman–Crippen MR) is 117 cm³/mol. The molecule has 0 bridgehead atoms. The third-order valence-corrected chi connectivity index (χ3v) is 6.01. The van der Waals surface area contributed by atoms with Crippen molar-refractivity contribution in [1.82, 2.24) is 4.90 Å². The highest BCUT2D eigenvalue weighted by Gasteiger charge is 2.30. The summed E-state index contributed by atoms with van der Waals surface area (Å²) in [6.07, 6.45) is 0. The smallest absolute Gasteiger partial charge is 0.280 e. The number of ether oxygens (including phenoxy) is 2. The lowest BCUT2D eigenvalue weighted by Crippen LogP contribution is -3.15. The van der Waals surface area contributed by atoms with Gasteiger partial charge in [0.2, 0.25) is 0 Å². The number of piperazine rings is 1. The molecule has 1 saturated heterocycles. The molecule has 2 aromatic carbocycles. The SMILES string of the molecule is COc1ccc(OCC[NH+](C)[C@@H](C)C(=O)N2CC[NH+](Cc3ccccc3)CC2)cc1. The summed E-state index contributed by atoms with van der Waals surface area (Å²) in [5.74, 6) is 1.88. The van der Waals surface area contributed by atoms with E-state index in [1.54, 1.807) is 12.0 Å². The minimum absolute atomic E-state index is 0.0693. The van der Waals surface area contributed by atoms with Crippen LogP contribution in [0.25, 0.3) is 0 Å². The highest BCUT2D eigenvalue weighted by atomic mass is 16.5. The van der Waals surface area contributed by atoms with Gasteiger partial charge < -0.3 is 24.2 Å². The maximum atomic E-state index is 12.9. The van der Waals surface area contributed by atoms with E-state index in [-0.39, 0.29) is 11.9 Å². The van der Waals surface area contributed by atoms with Crippen LogP contribution in [0.2, 0.25) is 0 Å². The number of hydrogen-bond donors (Lipinski definition) is 2. The molecule has 1 unspecified atom stereocenters. The van der Waals surface area contributed by atoms with Crippen LogP contribution < -0.4 is 19.3 Å². The minimum Gasteiger partial charge on any atom is -0.497 e. The van der Waals surface area contributed by atoms with Crippen molar-refractivity contribution < 1.29 is 24.1 Å². The van der Waals surface area contributed by atoms with Crippen LogP contribution >= 0.6 is 0 Å². The molecule has 1 aliphatic heterocycles. The number of carbonyl (C=O) groups is 1. The van der Waals surface area contributed by atoms with Gasteiger partial charge in [-0.1, -0.05) is 30.3 Å². The predicted octanol–water partition coefficient (Wildman–Crippen LogP) is -0.0955. The van der Waals surface area contributed by atoms with Crippen LogP contribution in [0.15, 0.2) is 54.6 Å². The van der Waals surface area contributed by atoms with Gasteiger partial charge >= 0.3 is 0 Å². The van der Waals surface area contributed by atoms with Crippen LogP contribution in [0.1, 0.15) is 12.5 Å². The lowest BCUT2D eigenvalue weighted by molar-refractivity contribution is -0.918. The van der Waals surface area contributed by atoms with Crippen molar-refractivity contribution in [2.45, 2.75) is 19.5 Å². The molecule has 30 heavy (non-hydrogen) atoms. The Morgan fingerprint density at radius 2 is 1.70 bits per heavy atom. The summed E-state index contributed by atoms with van der Waals surface area (Å²) in [7, 11) is 3.72. The number of methoxy groups -OCH3 is 1. The number of rotatable bonds is 9. The van der Waals surface area contributed by atoms with E-state index >= 15 is 0 Å². The Morgan fingerprint density at radius 1 is 1.07 bits per heavy atom. The summed E-state index contributed by atoms with van der Waals surface area (Å²) in [5.41, 5.74) is 1.36. The fourth-order valence-corrected chi connectivity index (χ4v) is 3.81. The number of benzene rings is 2. The summed E-state index contributed by atoms with van der Waals surface area (Å²) in [5, 5.41) is 0. The summed E-state index contributed by atoms with van der Waals surface area (Å²) in [6, 6.07) is 18.1. The highest BCUT2D eigenvalue weighted by Crippen LogP contribution is 2.16. The van der Waals surface area contributed by atoms with Gasteiger partial charge in [-0.25, -0.2) is 0 Å². The van der Waals surface area contributed by atoms with E-state index in [1.165, 1.54) is 10.5 Å². The Labute approximate surface area is 180 Å². The normalized spacial score (nSPS) is 16.7. The van der Waals surface area contributed by atoms with Gasteiger partial charge in [-0.05, 0) is 31.2 Å². The number of quaternary nitrogens is 2. The largest absolute Gasteiger partial charge is 0.497 e. The van der Waals surface area contributed by atoms with Crippen molar-refractivity contribution in [3.63, 3.8) is 0 Å².